The summed E-state index contributed by atoms with van der Waals surface area (Å²) in [5.74, 6) is -1.73. The number of nitrogens with zero attached hydrogens (tertiary/aromatic N) is 1. The summed E-state index contributed by atoms with van der Waals surface area (Å²) in [5, 5.41) is -0.351. The highest BCUT2D eigenvalue weighted by Crippen LogP contribution is 2.44. The fourth-order valence-corrected chi connectivity index (χ4v) is 3.75. The van der Waals surface area contributed by atoms with E-state index in [1.165, 1.54) is 0 Å². The van der Waals surface area contributed by atoms with Gasteiger partial charge in [-0.2, -0.15) is 13.2 Å². The minimum Gasteiger partial charge on any atom is -0.466 e. The summed E-state index contributed by atoms with van der Waals surface area (Å²) in [7, 11) is 2.22. The molecule has 148 valence electrons. The number of benzene rings is 1. The van der Waals surface area contributed by atoms with Crippen LogP contribution in [0.3, 0.4) is 0 Å². The molecule has 0 bridgehead atoms. The Bertz CT molecular complexity index is 777. The van der Waals surface area contributed by atoms with Crippen LogP contribution in [0.2, 0.25) is 10.0 Å². The first-order chi connectivity index (χ1) is 12.6. The highest BCUT2D eigenvalue weighted by molar-refractivity contribution is 8.00. The summed E-state index contributed by atoms with van der Waals surface area (Å²) >= 11 is 11.8. The molecule has 6 nitrogen and oxygen atoms in total. The molecule has 0 spiro atoms. The average Bonchev–Trinajstić information content (AvgIpc) is 2.58. The number of thioether (sulfide) groups is 1. The number of methoxy groups -OCH3 is 2. The molecule has 1 heterocycles. The molecular formula is C15H12Cl2F3NO5S. The van der Waals surface area contributed by atoms with Crippen LogP contribution in [0.25, 0.3) is 0 Å². The zero-order chi connectivity index (χ0) is 20.4. The van der Waals surface area contributed by atoms with E-state index in [-0.39, 0.29) is 45.2 Å². The zero-order valence-corrected chi connectivity index (χ0v) is 16.2. The largest absolute Gasteiger partial charge is 0.466 e. The SMILES string of the molecule is COC(=O)C1=C(C(=O)OC)N(c2c(Cl)cc(SC(F)(F)F)cc2Cl)COC1. The number of halogens is 5. The number of rotatable bonds is 4. The van der Waals surface area contributed by atoms with Gasteiger partial charge in [-0.1, -0.05) is 23.2 Å². The van der Waals surface area contributed by atoms with Crippen molar-refractivity contribution in [2.24, 2.45) is 0 Å². The lowest BCUT2D eigenvalue weighted by Crippen LogP contribution is -2.39. The second kappa shape index (κ2) is 8.59. The molecule has 2 rings (SSSR count). The molecule has 0 fully saturated rings. The van der Waals surface area contributed by atoms with E-state index in [0.29, 0.717) is 0 Å². The molecule has 0 radical (unpaired) electrons. The summed E-state index contributed by atoms with van der Waals surface area (Å²) < 4.78 is 52.3. The van der Waals surface area contributed by atoms with Gasteiger partial charge in [0.2, 0.25) is 0 Å². The Labute approximate surface area is 166 Å². The van der Waals surface area contributed by atoms with Gasteiger partial charge in [0.25, 0.3) is 0 Å². The third-order valence-corrected chi connectivity index (χ3v) is 4.61. The molecule has 1 aromatic rings. The third kappa shape index (κ3) is 5.01. The van der Waals surface area contributed by atoms with Crippen LogP contribution in [0.4, 0.5) is 18.9 Å². The Hall–Kier alpha value is -1.62. The second-order valence-corrected chi connectivity index (χ2v) is 6.95. The van der Waals surface area contributed by atoms with Gasteiger partial charge < -0.3 is 19.1 Å². The van der Waals surface area contributed by atoms with Crippen LogP contribution < -0.4 is 4.90 Å². The molecule has 27 heavy (non-hydrogen) atoms. The molecule has 0 aliphatic carbocycles. The fraction of sp³-hybridized carbons (Fsp3) is 0.333. The minimum absolute atomic E-state index is 0.00800. The summed E-state index contributed by atoms with van der Waals surface area (Å²) in [5.41, 5.74) is -4.91. The molecule has 0 N–H and O–H groups in total. The first kappa shape index (κ1) is 21.7. The molecule has 0 saturated carbocycles. The summed E-state index contributed by atoms with van der Waals surface area (Å²) in [4.78, 5) is 25.1. The lowest BCUT2D eigenvalue weighted by molar-refractivity contribution is -0.140. The maximum atomic E-state index is 12.6. The highest BCUT2D eigenvalue weighted by Gasteiger charge is 2.35. The first-order valence-corrected chi connectivity index (χ1v) is 8.66. The molecule has 0 aromatic heterocycles. The number of ether oxygens (including phenoxy) is 3. The van der Waals surface area contributed by atoms with E-state index < -0.39 is 29.2 Å². The van der Waals surface area contributed by atoms with Gasteiger partial charge in [0.1, 0.15) is 12.4 Å². The van der Waals surface area contributed by atoms with Gasteiger partial charge in [-0.15, -0.1) is 0 Å². The van der Waals surface area contributed by atoms with E-state index in [4.69, 9.17) is 32.7 Å². The Morgan fingerprint density at radius 3 is 2.19 bits per heavy atom. The summed E-state index contributed by atoms with van der Waals surface area (Å²) in [6.45, 7) is -0.471. The molecular weight excluding hydrogens is 434 g/mol. The van der Waals surface area contributed by atoms with Gasteiger partial charge in [-0.3, -0.25) is 0 Å². The normalized spacial score (nSPS) is 15.0. The van der Waals surface area contributed by atoms with Crippen molar-refractivity contribution in [1.29, 1.82) is 0 Å². The van der Waals surface area contributed by atoms with E-state index in [1.54, 1.807) is 0 Å². The summed E-state index contributed by atoms with van der Waals surface area (Å²) in [6, 6.07) is 2.09. The Morgan fingerprint density at radius 1 is 1.15 bits per heavy atom. The maximum Gasteiger partial charge on any atom is 0.446 e. The molecule has 1 aliphatic heterocycles. The number of hydrogen-bond acceptors (Lipinski definition) is 7. The van der Waals surface area contributed by atoms with Crippen LogP contribution in [-0.4, -0.2) is 45.0 Å². The van der Waals surface area contributed by atoms with E-state index in [2.05, 4.69) is 4.74 Å². The Balaban J connectivity index is 2.58. The van der Waals surface area contributed by atoms with Crippen molar-refractivity contribution in [2.75, 3.05) is 32.5 Å². The van der Waals surface area contributed by atoms with Gasteiger partial charge in [-0.25, -0.2) is 9.59 Å². The van der Waals surface area contributed by atoms with E-state index in [1.807, 2.05) is 0 Å². The number of carbonyl (C=O) groups excluding carboxylic acids is 2. The van der Waals surface area contributed by atoms with Gasteiger partial charge in [-0.05, 0) is 23.9 Å². The molecule has 0 saturated heterocycles. The van der Waals surface area contributed by atoms with Crippen molar-refractivity contribution >= 4 is 52.6 Å². The molecule has 12 heteroatoms. The topological polar surface area (TPSA) is 65.1 Å². The van der Waals surface area contributed by atoms with Crippen LogP contribution in [-0.2, 0) is 23.8 Å². The van der Waals surface area contributed by atoms with Gasteiger partial charge >= 0.3 is 17.4 Å². The van der Waals surface area contributed by atoms with Crippen LogP contribution in [0.5, 0.6) is 0 Å². The van der Waals surface area contributed by atoms with Gasteiger partial charge in [0.05, 0.1) is 42.1 Å². The van der Waals surface area contributed by atoms with Crippen LogP contribution in [0.15, 0.2) is 28.3 Å². The van der Waals surface area contributed by atoms with E-state index in [0.717, 1.165) is 31.3 Å². The number of anilines is 1. The fourth-order valence-electron chi connectivity index (χ4n) is 2.31. The molecule has 0 amide bonds. The van der Waals surface area contributed by atoms with Crippen LogP contribution >= 0.6 is 35.0 Å². The lowest BCUT2D eigenvalue weighted by atomic mass is 10.1. The maximum absolute atomic E-state index is 12.6. The smallest absolute Gasteiger partial charge is 0.446 e. The molecule has 0 unspecified atom stereocenters. The van der Waals surface area contributed by atoms with Gasteiger partial charge in [0.15, 0.2) is 0 Å². The van der Waals surface area contributed by atoms with Crippen LogP contribution in [0.1, 0.15) is 0 Å². The predicted octanol–water partition coefficient (Wildman–Crippen LogP) is 4.00. The number of carbonyl (C=O) groups is 2. The van der Waals surface area contributed by atoms with Crippen molar-refractivity contribution in [1.82, 2.24) is 0 Å². The van der Waals surface area contributed by atoms with Gasteiger partial charge in [0, 0.05) is 4.90 Å². The van der Waals surface area contributed by atoms with Crippen molar-refractivity contribution in [3.63, 3.8) is 0 Å². The minimum atomic E-state index is -4.53. The van der Waals surface area contributed by atoms with Crippen molar-refractivity contribution < 1.29 is 37.0 Å². The molecule has 1 aromatic carbocycles. The lowest BCUT2D eigenvalue weighted by Gasteiger charge is -2.32. The quantitative estimate of drug-likeness (QED) is 0.512. The zero-order valence-electron chi connectivity index (χ0n) is 13.9. The standard InChI is InChI=1S/C15H12Cl2F3NO5S/c1-24-13(22)8-5-26-6-21(11(8)14(23)25-2)12-9(16)3-7(4-10(12)17)27-15(18,19)20/h3-4H,5-6H2,1-2H3. The Morgan fingerprint density at radius 2 is 1.70 bits per heavy atom. The number of alkyl halides is 3. The molecule has 1 aliphatic rings. The van der Waals surface area contributed by atoms with Crippen molar-refractivity contribution in [3.05, 3.63) is 33.4 Å². The predicted molar refractivity (Wildman–Crippen MR) is 92.7 cm³/mol. The Kier molecular flexibility index (Phi) is 6.90. The van der Waals surface area contributed by atoms with Crippen LogP contribution in [0, 0.1) is 0 Å². The number of hydrogen-bond donors (Lipinski definition) is 0. The average molecular weight is 446 g/mol. The first-order valence-electron chi connectivity index (χ1n) is 7.09. The monoisotopic (exact) mass is 445 g/mol. The third-order valence-electron chi connectivity index (χ3n) is 3.33. The molecule has 0 atom stereocenters. The van der Waals surface area contributed by atoms with E-state index >= 15 is 0 Å². The van der Waals surface area contributed by atoms with E-state index in [9.17, 15) is 22.8 Å². The van der Waals surface area contributed by atoms with Crippen molar-refractivity contribution in [2.45, 2.75) is 10.4 Å². The highest BCUT2D eigenvalue weighted by atomic mass is 35.5. The second-order valence-electron chi connectivity index (χ2n) is 5.00. The summed E-state index contributed by atoms with van der Waals surface area (Å²) in [6.07, 6.45) is 0. The van der Waals surface area contributed by atoms with Crippen molar-refractivity contribution in [3.8, 4) is 0 Å². The number of esters is 2.